The van der Waals surface area contributed by atoms with Crippen LogP contribution in [-0.2, 0) is 0 Å². The molecule has 1 amide bonds. The average Bonchev–Trinajstić information content (AvgIpc) is 3.62. The lowest BCUT2D eigenvalue weighted by molar-refractivity contribution is 0.0686. The van der Waals surface area contributed by atoms with Crippen LogP contribution >= 0.6 is 0 Å². The summed E-state index contributed by atoms with van der Waals surface area (Å²) in [7, 11) is 0. The summed E-state index contributed by atoms with van der Waals surface area (Å²) in [6.45, 7) is 1.23. The van der Waals surface area contributed by atoms with Gasteiger partial charge in [-0.3, -0.25) is 0 Å². The van der Waals surface area contributed by atoms with Gasteiger partial charge in [-0.1, -0.05) is 48.6 Å². The molecular weight excluding hydrogens is 713 g/mol. The molecule has 0 spiro atoms. The first-order chi connectivity index (χ1) is 27.0. The number of carbonyl (C=O) groups is 3. The molecule has 2 aliphatic rings. The Morgan fingerprint density at radius 2 is 1.23 bits per heavy atom. The Labute approximate surface area is 321 Å². The smallest absolute Gasteiger partial charge is 0.407 e. The van der Waals surface area contributed by atoms with Gasteiger partial charge in [0.2, 0.25) is 0 Å². The topological polar surface area (TPSA) is 261 Å². The second kappa shape index (κ2) is 18.9. The summed E-state index contributed by atoms with van der Waals surface area (Å²) in [6.07, 6.45) is 9.70. The van der Waals surface area contributed by atoms with Crippen molar-refractivity contribution in [2.24, 2.45) is 5.92 Å². The molecule has 0 bridgehead atoms. The van der Waals surface area contributed by atoms with Crippen molar-refractivity contribution in [2.75, 3.05) is 26.2 Å². The lowest BCUT2D eigenvalue weighted by Gasteiger charge is -2.36. The fourth-order valence-corrected chi connectivity index (χ4v) is 6.23. The normalized spacial score (nSPS) is 15.3. The zero-order valence-corrected chi connectivity index (χ0v) is 29.5. The van der Waals surface area contributed by atoms with Gasteiger partial charge < -0.3 is 25.1 Å². The predicted molar refractivity (Wildman–Crippen MR) is 200 cm³/mol. The molecule has 3 N–H and O–H groups in total. The van der Waals surface area contributed by atoms with Crippen LogP contribution in [0.3, 0.4) is 0 Å². The van der Waals surface area contributed by atoms with Crippen LogP contribution in [0, 0.1) is 73.9 Å². The van der Waals surface area contributed by atoms with Crippen LogP contribution < -0.4 is 0 Å². The number of piperazine rings is 1. The van der Waals surface area contributed by atoms with E-state index in [1.54, 1.807) is 36.4 Å². The minimum Gasteiger partial charge on any atom is -0.478 e. The minimum absolute atomic E-state index is 0.00968. The quantitative estimate of drug-likeness (QED) is 0.167. The molecule has 1 saturated heterocycles. The number of carboxylic acids is 2. The Kier molecular flexibility index (Phi) is 13.6. The van der Waals surface area contributed by atoms with Crippen LogP contribution in [0.4, 0.5) is 4.79 Å². The van der Waals surface area contributed by atoms with Crippen molar-refractivity contribution in [1.82, 2.24) is 9.80 Å². The van der Waals surface area contributed by atoms with Gasteiger partial charge in [-0.25, -0.2) is 14.4 Å². The van der Waals surface area contributed by atoms with Crippen molar-refractivity contribution in [3.8, 4) is 36.4 Å². The van der Waals surface area contributed by atoms with Crippen LogP contribution in [-0.4, -0.2) is 69.3 Å². The molecule has 0 aromatic heterocycles. The summed E-state index contributed by atoms with van der Waals surface area (Å²) in [5, 5.41) is 87.1. The van der Waals surface area contributed by atoms with Gasteiger partial charge in [0.1, 0.15) is 17.7 Å². The van der Waals surface area contributed by atoms with E-state index in [-0.39, 0.29) is 52.1 Å². The maximum Gasteiger partial charge on any atom is 0.407 e. The molecule has 14 heteroatoms. The van der Waals surface area contributed by atoms with Crippen molar-refractivity contribution in [2.45, 2.75) is 12.8 Å². The lowest BCUT2D eigenvalue weighted by atomic mass is 9.89. The Bertz CT molecular complexity index is 2390. The number of carboxylic acid groups (broad SMARTS) is 3. The number of hydrogen-bond acceptors (Lipinski definition) is 10. The van der Waals surface area contributed by atoms with E-state index in [0.29, 0.717) is 37.1 Å². The second-order valence-electron chi connectivity index (χ2n) is 12.1. The molecule has 0 atom stereocenters. The number of amides is 1. The van der Waals surface area contributed by atoms with Crippen LogP contribution in [0.5, 0.6) is 0 Å². The van der Waals surface area contributed by atoms with E-state index >= 15 is 0 Å². The van der Waals surface area contributed by atoms with Crippen molar-refractivity contribution in [1.29, 1.82) is 31.6 Å². The monoisotopic (exact) mass is 742 g/mol. The van der Waals surface area contributed by atoms with E-state index in [1.165, 1.54) is 65.6 Å². The van der Waals surface area contributed by atoms with E-state index in [9.17, 15) is 61.3 Å². The summed E-state index contributed by atoms with van der Waals surface area (Å²) in [6, 6.07) is 22.4. The summed E-state index contributed by atoms with van der Waals surface area (Å²) >= 11 is 0. The van der Waals surface area contributed by atoms with Crippen molar-refractivity contribution in [3.63, 3.8) is 0 Å². The third kappa shape index (κ3) is 9.32. The average molecular weight is 743 g/mol. The van der Waals surface area contributed by atoms with Crippen molar-refractivity contribution >= 4 is 29.2 Å². The van der Waals surface area contributed by atoms with Crippen molar-refractivity contribution < 1.29 is 29.7 Å². The highest BCUT2D eigenvalue weighted by Gasteiger charge is 2.28. The number of benzene rings is 2. The fraction of sp³-hybridized carbons (Fsp3) is 0.167. The molecule has 14 nitrogen and oxygen atoms in total. The first-order valence-electron chi connectivity index (χ1n) is 16.8. The number of hydrogen-bond donors (Lipinski definition) is 3. The van der Waals surface area contributed by atoms with E-state index in [1.807, 2.05) is 29.2 Å². The Balaban J connectivity index is 1.79. The van der Waals surface area contributed by atoms with E-state index < -0.39 is 23.9 Å². The first-order valence-corrected chi connectivity index (χ1v) is 16.8. The number of rotatable bonds is 11. The van der Waals surface area contributed by atoms with Gasteiger partial charge >= 0.3 is 18.0 Å². The third-order valence-corrected chi connectivity index (χ3v) is 8.94. The van der Waals surface area contributed by atoms with Crippen LogP contribution in [0.25, 0.3) is 11.1 Å². The van der Waals surface area contributed by atoms with Gasteiger partial charge in [-0.05, 0) is 71.5 Å². The predicted octanol–water partition coefficient (Wildman–Crippen LogP) is 6.36. The molecular formula is C42H30N8O6. The molecule has 0 unspecified atom stereocenters. The Morgan fingerprint density at radius 3 is 1.71 bits per heavy atom. The Morgan fingerprint density at radius 1 is 0.679 bits per heavy atom. The standard InChI is InChI=1S/C42H30N8O6/c43-21-33(37(35(23-45)24-46)27-7-13-31(14-8-27)40(51)52)5-1-3-29-11-12-30(39(29)49-17-19-50(20-18-49)42(55)56)4-2-6-34(22-44)38(36(25-47)26-48)28-9-15-32(16-10-28)41(53)54/h1-10,13-16,35H,11-12,17-20H2,(H,51,52)(H,53,54)(H,55,56)/b4-2+,5-1+,29-3-,34-6+,37-33-. The molecule has 1 heterocycles. The number of nitriles is 6. The maximum absolute atomic E-state index is 11.6. The van der Waals surface area contributed by atoms with Gasteiger partial charge in [0.05, 0.1) is 46.5 Å². The molecule has 0 radical (unpaired) electrons. The molecule has 4 rings (SSSR count). The summed E-state index contributed by atoms with van der Waals surface area (Å²) < 4.78 is 0. The van der Waals surface area contributed by atoms with Crippen LogP contribution in [0.15, 0.2) is 119 Å². The molecule has 1 aliphatic carbocycles. The van der Waals surface area contributed by atoms with Crippen molar-refractivity contribution in [3.05, 3.63) is 141 Å². The number of nitrogens with zero attached hydrogens (tertiary/aromatic N) is 8. The molecule has 2 aromatic rings. The number of allylic oxidation sites excluding steroid dienone is 13. The van der Waals surface area contributed by atoms with Gasteiger partial charge in [0, 0.05) is 43.0 Å². The summed E-state index contributed by atoms with van der Waals surface area (Å²) in [5.41, 5.74) is 2.88. The summed E-state index contributed by atoms with van der Waals surface area (Å²) in [5.74, 6) is -3.66. The molecule has 1 aliphatic heterocycles. The number of aromatic carboxylic acids is 2. The largest absolute Gasteiger partial charge is 0.478 e. The summed E-state index contributed by atoms with van der Waals surface area (Å²) in [4.78, 5) is 37.7. The van der Waals surface area contributed by atoms with Crippen LogP contribution in [0.2, 0.25) is 0 Å². The zero-order chi connectivity index (χ0) is 40.8. The maximum atomic E-state index is 11.6. The minimum atomic E-state index is -1.33. The van der Waals surface area contributed by atoms with E-state index in [4.69, 9.17) is 0 Å². The zero-order valence-electron chi connectivity index (χ0n) is 29.5. The SMILES string of the molecule is N#CC(C#N)=C(/C(C#N)=C/C=C/C1=C(N2CCN(C(=O)O)CC2)C(=C/C=C/C(C#N)=C(\c2ccc(C(=O)O)cc2)C(C#N)C#N)\CC1)c1ccc(C(=O)O)cc1. The first kappa shape index (κ1) is 40.3. The highest BCUT2D eigenvalue weighted by atomic mass is 16.4. The van der Waals surface area contributed by atoms with Gasteiger partial charge in [0.15, 0.2) is 5.92 Å². The highest BCUT2D eigenvalue weighted by Crippen LogP contribution is 2.36. The lowest BCUT2D eigenvalue weighted by Crippen LogP contribution is -2.47. The van der Waals surface area contributed by atoms with Gasteiger partial charge in [-0.15, -0.1) is 0 Å². The Hall–Kier alpha value is -8.43. The molecule has 274 valence electrons. The third-order valence-electron chi connectivity index (χ3n) is 8.94. The molecule has 56 heavy (non-hydrogen) atoms. The van der Waals surface area contributed by atoms with Gasteiger partial charge in [-0.2, -0.15) is 31.6 Å². The molecule has 2 aromatic carbocycles. The van der Waals surface area contributed by atoms with E-state index in [0.717, 1.165) is 16.8 Å². The molecule has 0 saturated carbocycles. The second-order valence-corrected chi connectivity index (χ2v) is 12.1. The van der Waals surface area contributed by atoms with Crippen LogP contribution in [0.1, 0.15) is 44.7 Å². The molecule has 1 fully saturated rings. The van der Waals surface area contributed by atoms with E-state index in [2.05, 4.69) is 0 Å². The highest BCUT2D eigenvalue weighted by molar-refractivity contribution is 5.92. The van der Waals surface area contributed by atoms with Gasteiger partial charge in [0.25, 0.3) is 0 Å². The fourth-order valence-electron chi connectivity index (χ4n) is 6.23.